The maximum Gasteiger partial charge on any atom is 0.154 e. The van der Waals surface area contributed by atoms with Crippen molar-refractivity contribution in [2.45, 2.75) is 24.0 Å². The van der Waals surface area contributed by atoms with Gasteiger partial charge in [0.25, 0.3) is 0 Å². The van der Waals surface area contributed by atoms with Crippen molar-refractivity contribution in [2.75, 3.05) is 20.5 Å². The molecule has 1 aromatic carbocycles. The molecule has 0 aliphatic heterocycles. The third-order valence-electron chi connectivity index (χ3n) is 3.34. The normalized spacial score (nSPS) is 13.9. The van der Waals surface area contributed by atoms with Gasteiger partial charge in [0.1, 0.15) is 11.5 Å². The van der Waals surface area contributed by atoms with Crippen LogP contribution in [0.3, 0.4) is 0 Å². The monoisotopic (exact) mass is 384 g/mol. The highest BCUT2D eigenvalue weighted by atomic mass is 79.9. The number of hydrogen-bond acceptors (Lipinski definition) is 4. The van der Waals surface area contributed by atoms with Crippen molar-refractivity contribution in [2.24, 2.45) is 0 Å². The van der Waals surface area contributed by atoms with Gasteiger partial charge in [0.05, 0.1) is 28.8 Å². The topological polar surface area (TPSA) is 52.6 Å². The average Bonchev–Trinajstić information content (AvgIpc) is 2.36. The fraction of sp³-hybridized carbons (Fsp3) is 0.538. The smallest absolute Gasteiger partial charge is 0.154 e. The molecule has 0 amide bonds. The van der Waals surface area contributed by atoms with Gasteiger partial charge >= 0.3 is 0 Å². The first-order valence-electron chi connectivity index (χ1n) is 5.81. The second-order valence-corrected chi connectivity index (χ2v) is 8.85. The summed E-state index contributed by atoms with van der Waals surface area (Å²) in [6.07, 6.45) is 1.17. The van der Waals surface area contributed by atoms with Crippen molar-refractivity contribution < 1.29 is 17.9 Å². The Kier molecular flexibility index (Phi) is 5.38. The van der Waals surface area contributed by atoms with Crippen LogP contribution in [-0.2, 0) is 9.84 Å². The Morgan fingerprint density at radius 1 is 1.20 bits per heavy atom. The van der Waals surface area contributed by atoms with E-state index in [2.05, 4.69) is 15.9 Å². The summed E-state index contributed by atoms with van der Waals surface area (Å²) in [6, 6.07) is 3.40. The SMILES string of the molecule is COc1cc(C(Cl)C(C)(C)S(C)(=O)=O)c(OC)cc1Br. The van der Waals surface area contributed by atoms with Crippen molar-refractivity contribution in [1.82, 2.24) is 0 Å². The lowest BCUT2D eigenvalue weighted by Crippen LogP contribution is -2.35. The zero-order chi connectivity index (χ0) is 15.7. The molecule has 0 heterocycles. The van der Waals surface area contributed by atoms with Gasteiger partial charge in [-0.05, 0) is 41.9 Å². The van der Waals surface area contributed by atoms with Gasteiger partial charge in [-0.15, -0.1) is 11.6 Å². The fourth-order valence-electron chi connectivity index (χ4n) is 1.64. The third-order valence-corrected chi connectivity index (χ3v) is 7.02. The van der Waals surface area contributed by atoms with E-state index in [9.17, 15) is 8.42 Å². The average molecular weight is 386 g/mol. The summed E-state index contributed by atoms with van der Waals surface area (Å²) in [5, 5.41) is -0.769. The minimum atomic E-state index is -3.34. The van der Waals surface area contributed by atoms with Crippen molar-refractivity contribution in [3.05, 3.63) is 22.2 Å². The zero-order valence-electron chi connectivity index (χ0n) is 12.0. The Morgan fingerprint density at radius 2 is 1.70 bits per heavy atom. The molecule has 0 spiro atoms. The molecule has 0 aromatic heterocycles. The van der Waals surface area contributed by atoms with Crippen molar-refractivity contribution in [3.8, 4) is 11.5 Å². The molecule has 7 heteroatoms. The second kappa shape index (κ2) is 6.12. The molecular formula is C13H18BrClO4S. The van der Waals surface area contributed by atoms with E-state index in [1.54, 1.807) is 26.0 Å². The van der Waals surface area contributed by atoms with Crippen molar-refractivity contribution in [1.29, 1.82) is 0 Å². The van der Waals surface area contributed by atoms with E-state index in [1.165, 1.54) is 20.5 Å². The van der Waals surface area contributed by atoms with Crippen LogP contribution in [-0.4, -0.2) is 33.6 Å². The van der Waals surface area contributed by atoms with Crippen molar-refractivity contribution >= 4 is 37.4 Å². The molecule has 0 aliphatic carbocycles. The number of hydrogen-bond donors (Lipinski definition) is 0. The van der Waals surface area contributed by atoms with Gasteiger partial charge in [0.15, 0.2) is 9.84 Å². The Labute approximate surface area is 133 Å². The van der Waals surface area contributed by atoms with E-state index in [1.807, 2.05) is 0 Å². The van der Waals surface area contributed by atoms with Gasteiger partial charge in [0.2, 0.25) is 0 Å². The van der Waals surface area contributed by atoms with E-state index in [-0.39, 0.29) is 0 Å². The first-order valence-corrected chi connectivity index (χ1v) is 8.93. The molecule has 0 radical (unpaired) electrons. The summed E-state index contributed by atoms with van der Waals surface area (Å²) in [7, 11) is -0.307. The number of benzene rings is 1. The Morgan fingerprint density at radius 3 is 2.10 bits per heavy atom. The first kappa shape index (κ1) is 17.6. The van der Waals surface area contributed by atoms with Crippen LogP contribution < -0.4 is 9.47 Å². The molecule has 1 atom stereocenters. The summed E-state index contributed by atoms with van der Waals surface area (Å²) in [5.74, 6) is 1.07. The van der Waals surface area contributed by atoms with Gasteiger partial charge in [-0.2, -0.15) is 0 Å². The summed E-state index contributed by atoms with van der Waals surface area (Å²) in [6.45, 7) is 3.18. The highest BCUT2D eigenvalue weighted by molar-refractivity contribution is 9.10. The lowest BCUT2D eigenvalue weighted by Gasteiger charge is -2.29. The highest BCUT2D eigenvalue weighted by Crippen LogP contribution is 2.44. The Balaban J connectivity index is 3.46. The van der Waals surface area contributed by atoms with E-state index < -0.39 is 20.0 Å². The van der Waals surface area contributed by atoms with Crippen LogP contribution in [0.5, 0.6) is 11.5 Å². The molecule has 4 nitrogen and oxygen atoms in total. The van der Waals surface area contributed by atoms with Gasteiger partial charge in [-0.1, -0.05) is 0 Å². The first-order chi connectivity index (χ1) is 9.06. The molecule has 114 valence electrons. The number of halogens is 2. The maximum atomic E-state index is 11.9. The lowest BCUT2D eigenvalue weighted by atomic mass is 10.00. The van der Waals surface area contributed by atoms with Crippen LogP contribution in [0, 0.1) is 0 Å². The molecule has 0 saturated carbocycles. The van der Waals surface area contributed by atoms with Gasteiger partial charge in [-0.3, -0.25) is 0 Å². The minimum Gasteiger partial charge on any atom is -0.496 e. The summed E-state index contributed by atoms with van der Waals surface area (Å²) < 4.78 is 33.9. The molecule has 0 N–H and O–H groups in total. The van der Waals surface area contributed by atoms with E-state index in [0.717, 1.165) is 0 Å². The molecule has 1 aromatic rings. The predicted molar refractivity (Wildman–Crippen MR) is 84.8 cm³/mol. The Hall–Kier alpha value is -0.460. The zero-order valence-corrected chi connectivity index (χ0v) is 15.2. The molecule has 0 saturated heterocycles. The predicted octanol–water partition coefficient (Wildman–Crippen LogP) is 3.57. The number of methoxy groups -OCH3 is 2. The number of sulfone groups is 1. The van der Waals surface area contributed by atoms with Gasteiger partial charge in [0, 0.05) is 11.8 Å². The maximum absolute atomic E-state index is 11.9. The van der Waals surface area contributed by atoms with Crippen molar-refractivity contribution in [3.63, 3.8) is 0 Å². The molecule has 1 unspecified atom stereocenters. The third kappa shape index (κ3) is 3.23. The lowest BCUT2D eigenvalue weighted by molar-refractivity contribution is 0.394. The second-order valence-electron chi connectivity index (χ2n) is 4.97. The standard InChI is InChI=1S/C13H18BrClO4S/c1-13(2,20(5,16)17)12(15)8-6-11(19-4)9(14)7-10(8)18-3/h6-7,12H,1-5H3. The molecule has 1 rings (SSSR count). The van der Waals surface area contributed by atoms with Crippen LogP contribution in [0.2, 0.25) is 0 Å². The summed E-state index contributed by atoms with van der Waals surface area (Å²) in [4.78, 5) is 0. The van der Waals surface area contributed by atoms with Crippen LogP contribution in [0.15, 0.2) is 16.6 Å². The Bertz CT molecular complexity index is 599. The summed E-state index contributed by atoms with van der Waals surface area (Å²) in [5.41, 5.74) is 0.574. The summed E-state index contributed by atoms with van der Waals surface area (Å²) >= 11 is 9.77. The quantitative estimate of drug-likeness (QED) is 0.727. The van der Waals surface area contributed by atoms with Crippen LogP contribution >= 0.6 is 27.5 Å². The van der Waals surface area contributed by atoms with Gasteiger partial charge < -0.3 is 9.47 Å². The fourth-order valence-corrected chi connectivity index (χ4v) is 3.29. The molecular weight excluding hydrogens is 368 g/mol. The van der Waals surface area contributed by atoms with E-state index >= 15 is 0 Å². The van der Waals surface area contributed by atoms with E-state index in [4.69, 9.17) is 21.1 Å². The van der Waals surface area contributed by atoms with Crippen LogP contribution in [0.1, 0.15) is 24.8 Å². The molecule has 0 fully saturated rings. The number of ether oxygens (including phenoxy) is 2. The van der Waals surface area contributed by atoms with Crippen LogP contribution in [0.25, 0.3) is 0 Å². The van der Waals surface area contributed by atoms with Crippen LogP contribution in [0.4, 0.5) is 0 Å². The molecule has 0 aliphatic rings. The van der Waals surface area contributed by atoms with Gasteiger partial charge in [-0.25, -0.2) is 8.42 Å². The van der Waals surface area contributed by atoms with E-state index in [0.29, 0.717) is 21.5 Å². The molecule has 0 bridgehead atoms. The number of alkyl halides is 1. The molecule has 20 heavy (non-hydrogen) atoms. The minimum absolute atomic E-state index is 0.509. The highest BCUT2D eigenvalue weighted by Gasteiger charge is 2.40. The number of rotatable bonds is 5. The largest absolute Gasteiger partial charge is 0.496 e.